The summed E-state index contributed by atoms with van der Waals surface area (Å²) in [5.74, 6) is -1.08. The molecule has 0 atom stereocenters. The molecular formula is C19H23N7O4. The van der Waals surface area contributed by atoms with Gasteiger partial charge in [0.15, 0.2) is 11.5 Å². The maximum atomic E-state index is 12.4. The quantitative estimate of drug-likeness (QED) is 0.321. The van der Waals surface area contributed by atoms with Gasteiger partial charge >= 0.3 is 11.7 Å². The van der Waals surface area contributed by atoms with Crippen molar-refractivity contribution in [1.29, 1.82) is 0 Å². The molecule has 0 aliphatic heterocycles. The molecule has 0 radical (unpaired) electrons. The highest BCUT2D eigenvalue weighted by Crippen LogP contribution is 2.17. The third kappa shape index (κ3) is 4.74. The number of H-pyrrole nitrogens is 1. The van der Waals surface area contributed by atoms with Gasteiger partial charge < -0.3 is 26.5 Å². The molecule has 6 N–H and O–H groups in total. The molecule has 11 heteroatoms. The van der Waals surface area contributed by atoms with Crippen LogP contribution in [0.1, 0.15) is 35.7 Å². The van der Waals surface area contributed by atoms with Crippen LogP contribution in [-0.4, -0.2) is 49.6 Å². The summed E-state index contributed by atoms with van der Waals surface area (Å²) in [6, 6.07) is 6.50. The number of rotatable bonds is 9. The van der Waals surface area contributed by atoms with Crippen molar-refractivity contribution in [3.8, 4) is 0 Å². The Morgan fingerprint density at radius 1 is 1.23 bits per heavy atom. The Kier molecular flexibility index (Phi) is 6.30. The van der Waals surface area contributed by atoms with Crippen LogP contribution in [0.2, 0.25) is 0 Å². The molecule has 0 saturated carbocycles. The van der Waals surface area contributed by atoms with Crippen LogP contribution in [0.3, 0.4) is 0 Å². The average molecular weight is 413 g/mol. The standard InChI is InChI=1S/C19H23N7O4/c1-2-3-8-21-18-24-15(20)14-16(25-18)26(19(30)23-14)10-11-4-6-12(7-5-11)17(29)22-9-13(27)28/h4-7H,2-3,8-10H2,1H3,(H,22,29)(H,23,30)(H,27,28)(H3,20,21,24,25). The number of benzene rings is 1. The number of carbonyl (C=O) groups is 2. The summed E-state index contributed by atoms with van der Waals surface area (Å²) in [6.45, 7) is 2.52. The molecule has 2 aromatic heterocycles. The highest BCUT2D eigenvalue weighted by molar-refractivity contribution is 5.95. The van der Waals surface area contributed by atoms with Gasteiger partial charge in [0.25, 0.3) is 5.91 Å². The van der Waals surface area contributed by atoms with E-state index in [0.717, 1.165) is 18.4 Å². The Morgan fingerprint density at radius 3 is 2.63 bits per heavy atom. The number of fused-ring (bicyclic) bond motifs is 1. The Hall–Kier alpha value is -3.89. The number of nitrogen functional groups attached to an aromatic ring is 1. The van der Waals surface area contributed by atoms with E-state index in [4.69, 9.17) is 10.8 Å². The van der Waals surface area contributed by atoms with E-state index in [2.05, 4.69) is 32.5 Å². The highest BCUT2D eigenvalue weighted by atomic mass is 16.4. The summed E-state index contributed by atoms with van der Waals surface area (Å²) in [6.07, 6.45) is 1.97. The van der Waals surface area contributed by atoms with Gasteiger partial charge in [-0.2, -0.15) is 9.97 Å². The predicted molar refractivity (Wildman–Crippen MR) is 111 cm³/mol. The van der Waals surface area contributed by atoms with Gasteiger partial charge in [0.1, 0.15) is 12.1 Å². The molecule has 0 aliphatic rings. The van der Waals surface area contributed by atoms with Gasteiger partial charge in [-0.05, 0) is 24.1 Å². The van der Waals surface area contributed by atoms with Gasteiger partial charge in [-0.3, -0.25) is 14.2 Å². The number of carboxylic acid groups (broad SMARTS) is 1. The molecule has 0 bridgehead atoms. The average Bonchev–Trinajstić information content (AvgIpc) is 3.03. The highest BCUT2D eigenvalue weighted by Gasteiger charge is 2.14. The molecule has 1 aromatic carbocycles. The Balaban J connectivity index is 1.82. The van der Waals surface area contributed by atoms with Gasteiger partial charge in [0.2, 0.25) is 5.95 Å². The smallest absolute Gasteiger partial charge is 0.328 e. The Labute approximate surface area is 171 Å². The van der Waals surface area contributed by atoms with Gasteiger partial charge in [0.05, 0.1) is 6.54 Å². The number of hydrogen-bond acceptors (Lipinski definition) is 7. The number of nitrogens with two attached hydrogens (primary N) is 1. The van der Waals surface area contributed by atoms with Gasteiger partial charge in [-0.15, -0.1) is 0 Å². The summed E-state index contributed by atoms with van der Waals surface area (Å²) < 4.78 is 1.44. The zero-order valence-electron chi connectivity index (χ0n) is 16.4. The van der Waals surface area contributed by atoms with E-state index in [-0.39, 0.29) is 18.1 Å². The van der Waals surface area contributed by atoms with Crippen LogP contribution in [0, 0.1) is 0 Å². The second-order valence-corrected chi connectivity index (χ2v) is 6.70. The van der Waals surface area contributed by atoms with Crippen molar-refractivity contribution in [2.24, 2.45) is 0 Å². The maximum Gasteiger partial charge on any atom is 0.328 e. The minimum absolute atomic E-state index is 0.181. The van der Waals surface area contributed by atoms with Gasteiger partial charge in [-0.25, -0.2) is 4.79 Å². The predicted octanol–water partition coefficient (Wildman–Crippen LogP) is 0.777. The molecule has 3 aromatic rings. The summed E-state index contributed by atoms with van der Waals surface area (Å²) >= 11 is 0. The summed E-state index contributed by atoms with van der Waals surface area (Å²) in [4.78, 5) is 46.2. The van der Waals surface area contributed by atoms with E-state index < -0.39 is 18.4 Å². The van der Waals surface area contributed by atoms with Crippen LogP contribution in [0.4, 0.5) is 11.8 Å². The molecule has 30 heavy (non-hydrogen) atoms. The first-order valence-electron chi connectivity index (χ1n) is 9.48. The molecule has 0 fully saturated rings. The first-order valence-corrected chi connectivity index (χ1v) is 9.48. The van der Waals surface area contributed by atoms with Crippen molar-refractivity contribution in [2.75, 3.05) is 24.1 Å². The Morgan fingerprint density at radius 2 is 1.97 bits per heavy atom. The molecule has 0 aliphatic carbocycles. The fourth-order valence-corrected chi connectivity index (χ4v) is 2.86. The lowest BCUT2D eigenvalue weighted by molar-refractivity contribution is -0.135. The van der Waals surface area contributed by atoms with Crippen molar-refractivity contribution in [3.63, 3.8) is 0 Å². The van der Waals surface area contributed by atoms with E-state index in [9.17, 15) is 14.4 Å². The van der Waals surface area contributed by atoms with Gasteiger partial charge in [0, 0.05) is 12.1 Å². The summed E-state index contributed by atoms with van der Waals surface area (Å²) in [5.41, 5.74) is 7.43. The second kappa shape index (κ2) is 9.07. The fraction of sp³-hybridized carbons (Fsp3) is 0.316. The zero-order valence-corrected chi connectivity index (χ0v) is 16.4. The van der Waals surface area contributed by atoms with E-state index >= 15 is 0 Å². The lowest BCUT2D eigenvalue weighted by Crippen LogP contribution is -2.29. The number of unbranched alkanes of at least 4 members (excludes halogenated alkanes) is 1. The fourth-order valence-electron chi connectivity index (χ4n) is 2.86. The second-order valence-electron chi connectivity index (χ2n) is 6.70. The number of aromatic amines is 1. The van der Waals surface area contributed by atoms with Crippen molar-refractivity contribution in [3.05, 3.63) is 45.9 Å². The topological polar surface area (TPSA) is 168 Å². The number of aliphatic carboxylic acids is 1. The van der Waals surface area contributed by atoms with Crippen LogP contribution >= 0.6 is 0 Å². The minimum Gasteiger partial charge on any atom is -0.480 e. The number of anilines is 2. The van der Waals surface area contributed by atoms with Crippen molar-refractivity contribution < 1.29 is 14.7 Å². The molecule has 158 valence electrons. The first kappa shape index (κ1) is 20.8. The van der Waals surface area contributed by atoms with Crippen LogP contribution in [0.15, 0.2) is 29.1 Å². The molecule has 3 rings (SSSR count). The van der Waals surface area contributed by atoms with Crippen LogP contribution < -0.4 is 22.1 Å². The normalized spacial score (nSPS) is 10.8. The van der Waals surface area contributed by atoms with Gasteiger partial charge in [-0.1, -0.05) is 25.5 Å². The summed E-state index contributed by atoms with van der Waals surface area (Å²) in [5, 5.41) is 14.0. The molecule has 0 unspecified atom stereocenters. The number of aromatic nitrogens is 4. The lowest BCUT2D eigenvalue weighted by Gasteiger charge is -2.08. The van der Waals surface area contributed by atoms with Crippen LogP contribution in [0.25, 0.3) is 11.2 Å². The number of nitrogens with one attached hydrogen (secondary N) is 3. The number of hydrogen-bond donors (Lipinski definition) is 5. The van der Waals surface area contributed by atoms with Crippen molar-refractivity contribution in [1.82, 2.24) is 24.8 Å². The first-order chi connectivity index (χ1) is 14.4. The number of amides is 1. The van der Waals surface area contributed by atoms with E-state index in [1.807, 2.05) is 0 Å². The maximum absolute atomic E-state index is 12.4. The largest absolute Gasteiger partial charge is 0.480 e. The Bertz CT molecular complexity index is 1120. The monoisotopic (exact) mass is 413 g/mol. The van der Waals surface area contributed by atoms with E-state index in [1.165, 1.54) is 4.57 Å². The zero-order chi connectivity index (χ0) is 21.7. The molecule has 1 amide bonds. The molecule has 0 saturated heterocycles. The molecular weight excluding hydrogens is 390 g/mol. The third-order valence-electron chi connectivity index (χ3n) is 4.42. The molecule has 2 heterocycles. The van der Waals surface area contributed by atoms with Crippen molar-refractivity contribution >= 4 is 34.8 Å². The van der Waals surface area contributed by atoms with Crippen LogP contribution in [0.5, 0.6) is 0 Å². The minimum atomic E-state index is -1.12. The van der Waals surface area contributed by atoms with Crippen LogP contribution in [-0.2, 0) is 11.3 Å². The number of carboxylic acids is 1. The SMILES string of the molecule is CCCCNc1nc(N)c2[nH]c(=O)n(Cc3ccc(C(=O)NCC(=O)O)cc3)c2n1. The number of imidazole rings is 1. The number of carbonyl (C=O) groups excluding carboxylic acids is 1. The summed E-state index contributed by atoms with van der Waals surface area (Å²) in [7, 11) is 0. The van der Waals surface area contributed by atoms with Crippen molar-refractivity contribution in [2.45, 2.75) is 26.3 Å². The molecule has 0 spiro atoms. The lowest BCUT2D eigenvalue weighted by atomic mass is 10.1. The third-order valence-corrected chi connectivity index (χ3v) is 4.42. The molecule has 11 nitrogen and oxygen atoms in total. The van der Waals surface area contributed by atoms with E-state index in [0.29, 0.717) is 29.2 Å². The van der Waals surface area contributed by atoms with E-state index in [1.54, 1.807) is 24.3 Å². The number of nitrogens with zero attached hydrogens (tertiary/aromatic N) is 3.